The van der Waals surface area contributed by atoms with Gasteiger partial charge in [0.1, 0.15) is 11.5 Å². The van der Waals surface area contributed by atoms with Gasteiger partial charge in [0.05, 0.1) is 25.8 Å². The number of carbonyl (C=O) groups is 2. The quantitative estimate of drug-likeness (QED) is 0.858. The van der Waals surface area contributed by atoms with E-state index >= 15 is 0 Å². The average Bonchev–Trinajstić information content (AvgIpc) is 3.03. The molecule has 1 atom stereocenters. The molecule has 1 aliphatic rings. The van der Waals surface area contributed by atoms with E-state index in [0.717, 1.165) is 5.56 Å². The SMILES string of the molecule is COc1ccc(NC(=O)C2CC(=O)N(Cc3cccnc3)C2)c(OC)c1. The number of anilines is 1. The number of aromatic nitrogens is 1. The lowest BCUT2D eigenvalue weighted by Gasteiger charge is -2.17. The van der Waals surface area contributed by atoms with E-state index in [1.807, 2.05) is 12.1 Å². The van der Waals surface area contributed by atoms with Crippen LogP contribution in [-0.2, 0) is 16.1 Å². The number of likely N-dealkylation sites (tertiary alicyclic amines) is 1. The van der Waals surface area contributed by atoms with Crippen LogP contribution in [0.25, 0.3) is 0 Å². The summed E-state index contributed by atoms with van der Waals surface area (Å²) in [5.41, 5.74) is 1.50. The Labute approximate surface area is 151 Å². The maximum absolute atomic E-state index is 12.6. The number of hydrogen-bond donors (Lipinski definition) is 1. The smallest absolute Gasteiger partial charge is 0.229 e. The number of rotatable bonds is 6. The average molecular weight is 355 g/mol. The zero-order chi connectivity index (χ0) is 18.5. The molecule has 3 rings (SSSR count). The third kappa shape index (κ3) is 3.93. The molecule has 136 valence electrons. The van der Waals surface area contributed by atoms with Gasteiger partial charge in [-0.25, -0.2) is 0 Å². The molecular weight excluding hydrogens is 334 g/mol. The Kier molecular flexibility index (Phi) is 5.36. The zero-order valence-corrected chi connectivity index (χ0v) is 14.8. The van der Waals surface area contributed by atoms with Gasteiger partial charge in [0.25, 0.3) is 0 Å². The second-order valence-corrected chi connectivity index (χ2v) is 6.09. The first kappa shape index (κ1) is 17.7. The predicted octanol–water partition coefficient (Wildman–Crippen LogP) is 2.09. The highest BCUT2D eigenvalue weighted by Gasteiger charge is 2.34. The van der Waals surface area contributed by atoms with Crippen molar-refractivity contribution in [1.82, 2.24) is 9.88 Å². The van der Waals surface area contributed by atoms with Gasteiger partial charge in [0, 0.05) is 38.0 Å². The van der Waals surface area contributed by atoms with Crippen LogP contribution < -0.4 is 14.8 Å². The van der Waals surface area contributed by atoms with Gasteiger partial charge >= 0.3 is 0 Å². The number of pyridine rings is 1. The van der Waals surface area contributed by atoms with Crippen molar-refractivity contribution in [3.05, 3.63) is 48.3 Å². The molecule has 1 unspecified atom stereocenters. The fourth-order valence-electron chi connectivity index (χ4n) is 2.95. The van der Waals surface area contributed by atoms with Crippen LogP contribution in [0.2, 0.25) is 0 Å². The molecule has 1 aliphatic heterocycles. The van der Waals surface area contributed by atoms with Crippen molar-refractivity contribution in [1.29, 1.82) is 0 Å². The molecule has 1 saturated heterocycles. The van der Waals surface area contributed by atoms with Crippen LogP contribution in [0.5, 0.6) is 11.5 Å². The summed E-state index contributed by atoms with van der Waals surface area (Å²) < 4.78 is 10.4. The second kappa shape index (κ2) is 7.86. The lowest BCUT2D eigenvalue weighted by atomic mass is 10.1. The monoisotopic (exact) mass is 355 g/mol. The van der Waals surface area contributed by atoms with Crippen molar-refractivity contribution in [3.63, 3.8) is 0 Å². The van der Waals surface area contributed by atoms with E-state index < -0.39 is 5.92 Å². The molecule has 0 saturated carbocycles. The van der Waals surface area contributed by atoms with Crippen LogP contribution in [0, 0.1) is 5.92 Å². The van der Waals surface area contributed by atoms with Crippen molar-refractivity contribution >= 4 is 17.5 Å². The van der Waals surface area contributed by atoms with Crippen molar-refractivity contribution in [2.24, 2.45) is 5.92 Å². The number of amides is 2. The van der Waals surface area contributed by atoms with Crippen molar-refractivity contribution in [2.45, 2.75) is 13.0 Å². The number of nitrogens with zero attached hydrogens (tertiary/aromatic N) is 2. The molecule has 0 spiro atoms. The van der Waals surface area contributed by atoms with Gasteiger partial charge in [-0.15, -0.1) is 0 Å². The van der Waals surface area contributed by atoms with Crippen LogP contribution >= 0.6 is 0 Å². The maximum atomic E-state index is 12.6. The third-order valence-corrected chi connectivity index (χ3v) is 4.35. The van der Waals surface area contributed by atoms with Crippen molar-refractivity contribution in [3.8, 4) is 11.5 Å². The minimum atomic E-state index is -0.397. The molecule has 1 N–H and O–H groups in total. The molecule has 0 aliphatic carbocycles. The number of methoxy groups -OCH3 is 2. The van der Waals surface area contributed by atoms with Gasteiger partial charge < -0.3 is 19.7 Å². The van der Waals surface area contributed by atoms with Crippen LogP contribution in [0.1, 0.15) is 12.0 Å². The molecular formula is C19H21N3O4. The summed E-state index contributed by atoms with van der Waals surface area (Å²) >= 11 is 0. The topological polar surface area (TPSA) is 80.8 Å². The minimum absolute atomic E-state index is 0.0318. The largest absolute Gasteiger partial charge is 0.497 e. The van der Waals surface area contributed by atoms with Crippen LogP contribution in [-0.4, -0.2) is 42.5 Å². The number of hydrogen-bond acceptors (Lipinski definition) is 5. The summed E-state index contributed by atoms with van der Waals surface area (Å²) in [6.07, 6.45) is 3.61. The Bertz CT molecular complexity index is 795. The summed E-state index contributed by atoms with van der Waals surface area (Å²) in [5, 5.41) is 2.85. The van der Waals surface area contributed by atoms with Gasteiger partial charge in [-0.1, -0.05) is 6.07 Å². The summed E-state index contributed by atoms with van der Waals surface area (Å²) in [6, 6.07) is 8.91. The van der Waals surface area contributed by atoms with Crippen molar-refractivity contribution in [2.75, 3.05) is 26.1 Å². The highest BCUT2D eigenvalue weighted by atomic mass is 16.5. The molecule has 7 nitrogen and oxygen atoms in total. The molecule has 26 heavy (non-hydrogen) atoms. The van der Waals surface area contributed by atoms with Crippen LogP contribution in [0.3, 0.4) is 0 Å². The first-order chi connectivity index (χ1) is 12.6. The molecule has 2 heterocycles. The zero-order valence-electron chi connectivity index (χ0n) is 14.8. The summed E-state index contributed by atoms with van der Waals surface area (Å²) in [5.74, 6) is 0.518. The van der Waals surface area contributed by atoms with Gasteiger partial charge in [0.2, 0.25) is 11.8 Å². The minimum Gasteiger partial charge on any atom is -0.497 e. The van der Waals surface area contributed by atoms with Crippen LogP contribution in [0.4, 0.5) is 5.69 Å². The van der Waals surface area contributed by atoms with Crippen molar-refractivity contribution < 1.29 is 19.1 Å². The number of benzene rings is 1. The van der Waals surface area contributed by atoms with Gasteiger partial charge in [-0.2, -0.15) is 0 Å². The molecule has 2 amide bonds. The lowest BCUT2D eigenvalue weighted by molar-refractivity contribution is -0.128. The fraction of sp³-hybridized carbons (Fsp3) is 0.316. The molecule has 1 aromatic heterocycles. The molecule has 7 heteroatoms. The van der Waals surface area contributed by atoms with Gasteiger partial charge in [-0.3, -0.25) is 14.6 Å². The van der Waals surface area contributed by atoms with E-state index in [1.165, 1.54) is 7.11 Å². The molecule has 1 aromatic carbocycles. The lowest BCUT2D eigenvalue weighted by Crippen LogP contribution is -2.28. The Morgan fingerprint density at radius 1 is 1.31 bits per heavy atom. The second-order valence-electron chi connectivity index (χ2n) is 6.09. The predicted molar refractivity (Wildman–Crippen MR) is 95.9 cm³/mol. The maximum Gasteiger partial charge on any atom is 0.229 e. The van der Waals surface area contributed by atoms with E-state index in [2.05, 4.69) is 10.3 Å². The molecule has 0 bridgehead atoms. The first-order valence-corrected chi connectivity index (χ1v) is 8.30. The van der Waals surface area contributed by atoms with E-state index in [1.54, 1.807) is 42.6 Å². The highest BCUT2D eigenvalue weighted by Crippen LogP contribution is 2.30. The number of ether oxygens (including phenoxy) is 2. The summed E-state index contributed by atoms with van der Waals surface area (Å²) in [4.78, 5) is 30.6. The Balaban J connectivity index is 1.65. The van der Waals surface area contributed by atoms with E-state index in [0.29, 0.717) is 30.3 Å². The van der Waals surface area contributed by atoms with Gasteiger partial charge in [0.15, 0.2) is 0 Å². The summed E-state index contributed by atoms with van der Waals surface area (Å²) in [7, 11) is 3.09. The fourth-order valence-corrected chi connectivity index (χ4v) is 2.95. The van der Waals surface area contributed by atoms with E-state index in [9.17, 15) is 9.59 Å². The molecule has 1 fully saturated rings. The Hall–Kier alpha value is -3.09. The number of nitrogens with one attached hydrogen (secondary N) is 1. The highest BCUT2D eigenvalue weighted by molar-refractivity contribution is 5.98. The molecule has 2 aromatic rings. The van der Waals surface area contributed by atoms with Crippen LogP contribution in [0.15, 0.2) is 42.7 Å². The standard InChI is InChI=1S/C19H21N3O4/c1-25-15-5-6-16(17(9-15)26-2)21-19(24)14-8-18(23)22(12-14)11-13-4-3-7-20-10-13/h3-7,9-10,14H,8,11-12H2,1-2H3,(H,21,24). The normalized spacial score (nSPS) is 16.5. The van der Waals surface area contributed by atoms with Gasteiger partial charge in [-0.05, 0) is 23.8 Å². The molecule has 0 radical (unpaired) electrons. The van der Waals surface area contributed by atoms with E-state index in [-0.39, 0.29) is 18.2 Å². The summed E-state index contributed by atoms with van der Waals surface area (Å²) in [6.45, 7) is 0.848. The first-order valence-electron chi connectivity index (χ1n) is 8.30. The van der Waals surface area contributed by atoms with E-state index in [4.69, 9.17) is 9.47 Å². The Morgan fingerprint density at radius 2 is 2.15 bits per heavy atom. The number of carbonyl (C=O) groups excluding carboxylic acids is 2. The third-order valence-electron chi connectivity index (χ3n) is 4.35. The Morgan fingerprint density at radius 3 is 2.85 bits per heavy atom.